The third-order valence-corrected chi connectivity index (χ3v) is 4.82. The number of aromatic nitrogens is 2. The second-order valence-corrected chi connectivity index (χ2v) is 7.23. The van der Waals surface area contributed by atoms with Crippen LogP contribution in [0.5, 0.6) is 5.75 Å². The van der Waals surface area contributed by atoms with Crippen LogP contribution >= 0.6 is 0 Å². The monoisotopic (exact) mass is 374 g/mol. The van der Waals surface area contributed by atoms with Gasteiger partial charge in [0.25, 0.3) is 0 Å². The first-order valence-electron chi connectivity index (χ1n) is 9.63. The summed E-state index contributed by atoms with van der Waals surface area (Å²) in [6, 6.07) is 8.12. The van der Waals surface area contributed by atoms with Gasteiger partial charge in [-0.3, -0.25) is 0 Å². The van der Waals surface area contributed by atoms with Crippen molar-refractivity contribution >= 4 is 31.0 Å². The van der Waals surface area contributed by atoms with Gasteiger partial charge in [0, 0.05) is 28.9 Å². The minimum atomic E-state index is 0.392. The predicted molar refractivity (Wildman–Crippen MR) is 113 cm³/mol. The molecular weight excluding hydrogens is 349 g/mol. The highest BCUT2D eigenvalue weighted by Crippen LogP contribution is 2.29. The number of fused-ring (bicyclic) bond motifs is 1. The second-order valence-electron chi connectivity index (χ2n) is 7.23. The Morgan fingerprint density at radius 1 is 1.25 bits per heavy atom. The molecule has 1 radical (unpaired) electrons. The van der Waals surface area contributed by atoms with Crippen LogP contribution in [0.15, 0.2) is 29.9 Å². The highest BCUT2D eigenvalue weighted by atomic mass is 16.4. The Morgan fingerprint density at radius 2 is 2.04 bits per heavy atom. The summed E-state index contributed by atoms with van der Waals surface area (Å²) in [5.41, 5.74) is 9.63. The molecule has 2 heterocycles. The van der Waals surface area contributed by atoms with Gasteiger partial charge in [-0.05, 0) is 44.9 Å². The van der Waals surface area contributed by atoms with E-state index in [1.165, 1.54) is 19.3 Å². The van der Waals surface area contributed by atoms with Gasteiger partial charge < -0.3 is 15.7 Å². The minimum Gasteiger partial charge on any atom is -0.558 e. The zero-order valence-electron chi connectivity index (χ0n) is 16.4. The third-order valence-electron chi connectivity index (χ3n) is 4.82. The molecule has 1 aromatic heterocycles. The summed E-state index contributed by atoms with van der Waals surface area (Å²) in [5.74, 6) is 2.19. The number of benzene rings is 1. The van der Waals surface area contributed by atoms with Crippen molar-refractivity contribution in [3.8, 4) is 11.8 Å². The first-order valence-corrected chi connectivity index (χ1v) is 9.63. The van der Waals surface area contributed by atoms with Crippen molar-refractivity contribution < 1.29 is 4.65 Å². The van der Waals surface area contributed by atoms with Gasteiger partial charge in [0.15, 0.2) is 0 Å². The Morgan fingerprint density at radius 3 is 2.71 bits per heavy atom. The molecule has 0 unspecified atom stereocenters. The number of nitrogens with one attached hydrogen (secondary N) is 1. The molecule has 1 fully saturated rings. The van der Waals surface area contributed by atoms with Crippen molar-refractivity contribution in [3.63, 3.8) is 0 Å². The van der Waals surface area contributed by atoms with E-state index in [4.69, 9.17) is 15.6 Å². The van der Waals surface area contributed by atoms with E-state index in [0.29, 0.717) is 17.7 Å². The number of nitrogens with two attached hydrogens (primary N) is 1. The molecular formula is C21H25BN5O. The van der Waals surface area contributed by atoms with Gasteiger partial charge in [0.05, 0.1) is 6.07 Å². The van der Waals surface area contributed by atoms with Gasteiger partial charge in [0.2, 0.25) is 5.95 Å². The molecule has 0 saturated heterocycles. The third kappa shape index (κ3) is 5.26. The molecule has 1 aliphatic heterocycles. The van der Waals surface area contributed by atoms with E-state index in [9.17, 15) is 0 Å². The topological polar surface area (TPSA) is 96.8 Å². The molecule has 28 heavy (non-hydrogen) atoms. The lowest BCUT2D eigenvalue weighted by Gasteiger charge is -2.16. The molecule has 1 aliphatic carbocycles. The molecule has 2 aliphatic rings. The fraction of sp³-hybridized carbons (Fsp3) is 0.381. The summed E-state index contributed by atoms with van der Waals surface area (Å²) < 4.78 is 5.50. The Bertz CT molecular complexity index is 900. The molecule has 0 amide bonds. The Kier molecular flexibility index (Phi) is 6.54. The summed E-state index contributed by atoms with van der Waals surface area (Å²) in [6.45, 7) is 3.87. The maximum absolute atomic E-state index is 8.44. The van der Waals surface area contributed by atoms with Gasteiger partial charge >= 0.3 is 7.48 Å². The van der Waals surface area contributed by atoms with E-state index in [0.717, 1.165) is 40.9 Å². The zero-order chi connectivity index (χ0) is 19.9. The number of nitriles is 1. The largest absolute Gasteiger partial charge is 0.558 e. The van der Waals surface area contributed by atoms with E-state index >= 15 is 0 Å². The van der Waals surface area contributed by atoms with E-state index in [2.05, 4.69) is 27.4 Å². The molecule has 0 bridgehead atoms. The number of nitrogens with zero attached hydrogens (tertiary/aromatic N) is 3. The average molecular weight is 374 g/mol. The van der Waals surface area contributed by atoms with Crippen LogP contribution < -0.4 is 15.7 Å². The second kappa shape index (κ2) is 9.27. The van der Waals surface area contributed by atoms with Crippen molar-refractivity contribution in [2.75, 3.05) is 11.1 Å². The fourth-order valence-corrected chi connectivity index (χ4v) is 3.16. The summed E-state index contributed by atoms with van der Waals surface area (Å²) in [5, 5.41) is 11.6. The first-order chi connectivity index (χ1) is 13.5. The lowest BCUT2D eigenvalue weighted by atomic mass is 9.84. The lowest BCUT2D eigenvalue weighted by molar-refractivity contribution is 0.427. The molecule has 6 nitrogen and oxygen atoms in total. The Hall–Kier alpha value is -3.01. The summed E-state index contributed by atoms with van der Waals surface area (Å²) in [4.78, 5) is 8.40. The Labute approximate surface area is 167 Å². The predicted octanol–water partition coefficient (Wildman–Crippen LogP) is 4.57. The molecule has 0 atom stereocenters. The van der Waals surface area contributed by atoms with Crippen LogP contribution in [-0.2, 0) is 0 Å². The molecule has 1 aromatic carbocycles. The van der Waals surface area contributed by atoms with E-state index in [1.807, 2.05) is 32.0 Å². The van der Waals surface area contributed by atoms with Gasteiger partial charge in [-0.25, -0.2) is 4.98 Å². The number of allylic oxidation sites excluding steroid dienone is 1. The number of aryl methyl sites for hydroxylation is 1. The standard InChI is InChI=1S/C14H14BN4O.C7H11N/c1-8-7-17-14(19-13(8)16)18-11-3-4-12-10(6-11)5-9(2)15-20-12;8-6-7-4-2-1-3-5-7/h3-7H,1-2H3,(H3,16,17,18,19);7H,1-5H2. The van der Waals surface area contributed by atoms with Crippen LogP contribution in [0.4, 0.5) is 17.5 Å². The van der Waals surface area contributed by atoms with Crippen molar-refractivity contribution in [3.05, 3.63) is 41.0 Å². The van der Waals surface area contributed by atoms with E-state index in [-0.39, 0.29) is 0 Å². The number of anilines is 3. The molecule has 1 saturated carbocycles. The van der Waals surface area contributed by atoms with Crippen LogP contribution in [-0.4, -0.2) is 17.5 Å². The first kappa shape index (κ1) is 19.7. The molecule has 7 heteroatoms. The molecule has 3 N–H and O–H groups in total. The summed E-state index contributed by atoms with van der Waals surface area (Å²) >= 11 is 0. The van der Waals surface area contributed by atoms with Crippen molar-refractivity contribution in [2.24, 2.45) is 5.92 Å². The quantitative estimate of drug-likeness (QED) is 0.747. The van der Waals surface area contributed by atoms with Gasteiger partial charge in [0.1, 0.15) is 11.6 Å². The van der Waals surface area contributed by atoms with Crippen LogP contribution in [0.1, 0.15) is 50.2 Å². The summed E-state index contributed by atoms with van der Waals surface area (Å²) in [6.07, 6.45) is 9.96. The SMILES string of the molecule is CC1=Cc2cc(Nc3ncc(C)c(N)n3)ccc2O[B]1.N#CC1CCCCC1. The number of nitrogen functional groups attached to an aromatic ring is 1. The normalized spacial score (nSPS) is 15.5. The van der Waals surface area contributed by atoms with E-state index in [1.54, 1.807) is 13.7 Å². The molecule has 0 spiro atoms. The number of hydrogen-bond acceptors (Lipinski definition) is 6. The maximum atomic E-state index is 8.44. The van der Waals surface area contributed by atoms with Crippen LogP contribution in [0.25, 0.3) is 6.08 Å². The van der Waals surface area contributed by atoms with Crippen LogP contribution in [0.3, 0.4) is 0 Å². The highest BCUT2D eigenvalue weighted by Gasteiger charge is 2.12. The van der Waals surface area contributed by atoms with Gasteiger partial charge in [-0.2, -0.15) is 10.2 Å². The molecule has 4 rings (SSSR count). The van der Waals surface area contributed by atoms with Crippen LogP contribution in [0.2, 0.25) is 0 Å². The Balaban J connectivity index is 0.000000236. The van der Waals surface area contributed by atoms with E-state index < -0.39 is 0 Å². The minimum absolute atomic E-state index is 0.392. The van der Waals surface area contributed by atoms with Gasteiger partial charge in [-0.15, -0.1) is 0 Å². The lowest BCUT2D eigenvalue weighted by Crippen LogP contribution is -2.09. The van der Waals surface area contributed by atoms with Crippen molar-refractivity contribution in [1.29, 1.82) is 5.26 Å². The molecule has 143 valence electrons. The summed E-state index contributed by atoms with van der Waals surface area (Å²) in [7, 11) is 1.74. The fourth-order valence-electron chi connectivity index (χ4n) is 3.16. The highest BCUT2D eigenvalue weighted by molar-refractivity contribution is 6.41. The number of rotatable bonds is 2. The van der Waals surface area contributed by atoms with Crippen molar-refractivity contribution in [2.45, 2.75) is 46.0 Å². The zero-order valence-corrected chi connectivity index (χ0v) is 16.4. The number of hydrogen-bond donors (Lipinski definition) is 2. The molecule has 2 aromatic rings. The van der Waals surface area contributed by atoms with Gasteiger partial charge in [-0.1, -0.05) is 30.8 Å². The average Bonchev–Trinajstić information content (AvgIpc) is 2.71. The van der Waals surface area contributed by atoms with Crippen molar-refractivity contribution in [1.82, 2.24) is 9.97 Å². The van der Waals surface area contributed by atoms with Crippen LogP contribution in [0, 0.1) is 24.2 Å². The smallest absolute Gasteiger partial charge is 0.404 e. The maximum Gasteiger partial charge on any atom is 0.404 e.